The molecule has 82 valence electrons. The van der Waals surface area contributed by atoms with E-state index < -0.39 is 6.10 Å². The van der Waals surface area contributed by atoms with E-state index in [0.717, 1.165) is 13.1 Å². The lowest BCUT2D eigenvalue weighted by Gasteiger charge is -2.29. The van der Waals surface area contributed by atoms with Gasteiger partial charge in [0.15, 0.2) is 0 Å². The minimum atomic E-state index is -0.487. The van der Waals surface area contributed by atoms with Gasteiger partial charge in [-0.2, -0.15) is 0 Å². The summed E-state index contributed by atoms with van der Waals surface area (Å²) in [6, 6.07) is 0. The van der Waals surface area contributed by atoms with Crippen LogP contribution in [0.15, 0.2) is 0 Å². The summed E-state index contributed by atoms with van der Waals surface area (Å²) in [6.45, 7) is 7.73. The van der Waals surface area contributed by atoms with Crippen LogP contribution in [0.3, 0.4) is 0 Å². The molecule has 0 saturated carbocycles. The summed E-state index contributed by atoms with van der Waals surface area (Å²) in [7, 11) is 0. The van der Waals surface area contributed by atoms with E-state index in [9.17, 15) is 9.90 Å². The van der Waals surface area contributed by atoms with E-state index >= 15 is 0 Å². The van der Waals surface area contributed by atoms with Gasteiger partial charge in [0.2, 0.25) is 5.91 Å². The molecule has 14 heavy (non-hydrogen) atoms. The first-order valence-corrected chi connectivity index (χ1v) is 5.08. The molecule has 0 radical (unpaired) electrons. The third kappa shape index (κ3) is 2.96. The van der Waals surface area contributed by atoms with Crippen LogP contribution in [-0.2, 0) is 4.79 Å². The van der Waals surface area contributed by atoms with E-state index in [0.29, 0.717) is 6.54 Å². The minimum Gasteiger partial charge on any atom is -0.391 e. The average molecular weight is 200 g/mol. The monoisotopic (exact) mass is 200 g/mol. The van der Waals surface area contributed by atoms with Crippen LogP contribution >= 0.6 is 0 Å². The fraction of sp³-hybridized carbons (Fsp3) is 0.900. The molecule has 1 rings (SSSR count). The first kappa shape index (κ1) is 11.5. The predicted molar refractivity (Wildman–Crippen MR) is 54.8 cm³/mol. The van der Waals surface area contributed by atoms with Gasteiger partial charge in [-0.15, -0.1) is 0 Å². The SMILES string of the molecule is CC(C)(C)C(O)CNC(=O)C1CNC1. The van der Waals surface area contributed by atoms with Gasteiger partial charge in [0.25, 0.3) is 0 Å². The van der Waals surface area contributed by atoms with Crippen molar-refractivity contribution < 1.29 is 9.90 Å². The molecule has 0 aromatic heterocycles. The molecule has 1 aliphatic heterocycles. The van der Waals surface area contributed by atoms with Crippen molar-refractivity contribution in [1.82, 2.24) is 10.6 Å². The molecule has 0 spiro atoms. The largest absolute Gasteiger partial charge is 0.391 e. The Bertz CT molecular complexity index is 207. The third-order valence-corrected chi connectivity index (χ3v) is 2.62. The Morgan fingerprint density at radius 1 is 1.57 bits per heavy atom. The highest BCUT2D eigenvalue weighted by Crippen LogP contribution is 2.18. The van der Waals surface area contributed by atoms with Crippen LogP contribution in [0.4, 0.5) is 0 Å². The fourth-order valence-electron chi connectivity index (χ4n) is 1.12. The molecule has 0 aromatic rings. The van der Waals surface area contributed by atoms with Gasteiger partial charge in [-0.25, -0.2) is 0 Å². The van der Waals surface area contributed by atoms with Gasteiger partial charge in [-0.05, 0) is 5.41 Å². The lowest BCUT2D eigenvalue weighted by molar-refractivity contribution is -0.127. The summed E-state index contributed by atoms with van der Waals surface area (Å²) in [5, 5.41) is 15.5. The quantitative estimate of drug-likeness (QED) is 0.587. The molecule has 1 saturated heterocycles. The molecule has 4 nitrogen and oxygen atoms in total. The molecule has 3 N–H and O–H groups in total. The Morgan fingerprint density at radius 3 is 2.50 bits per heavy atom. The van der Waals surface area contributed by atoms with Crippen molar-refractivity contribution in [1.29, 1.82) is 0 Å². The highest BCUT2D eigenvalue weighted by molar-refractivity contribution is 5.80. The van der Waals surface area contributed by atoms with Crippen molar-refractivity contribution in [3.8, 4) is 0 Å². The highest BCUT2D eigenvalue weighted by Gasteiger charge is 2.27. The van der Waals surface area contributed by atoms with Crippen LogP contribution in [-0.4, -0.2) is 36.8 Å². The van der Waals surface area contributed by atoms with Crippen molar-refractivity contribution in [3.05, 3.63) is 0 Å². The Kier molecular flexibility index (Phi) is 3.50. The van der Waals surface area contributed by atoms with Crippen molar-refractivity contribution >= 4 is 5.91 Å². The summed E-state index contributed by atoms with van der Waals surface area (Å²) >= 11 is 0. The number of nitrogens with one attached hydrogen (secondary N) is 2. The normalized spacial score (nSPS) is 20.0. The van der Waals surface area contributed by atoms with E-state index in [4.69, 9.17) is 0 Å². The summed E-state index contributed by atoms with van der Waals surface area (Å²) in [6.07, 6.45) is -0.487. The number of hydrogen-bond donors (Lipinski definition) is 3. The van der Waals surface area contributed by atoms with E-state index in [1.807, 2.05) is 20.8 Å². The summed E-state index contributed by atoms with van der Waals surface area (Å²) in [5.74, 6) is 0.147. The molecule has 0 bridgehead atoms. The molecule has 1 unspecified atom stereocenters. The van der Waals surface area contributed by atoms with E-state index in [1.54, 1.807) is 0 Å². The number of aliphatic hydroxyl groups excluding tert-OH is 1. The molecule has 1 atom stereocenters. The molecule has 1 fully saturated rings. The molecule has 0 aromatic carbocycles. The van der Waals surface area contributed by atoms with Gasteiger partial charge in [0.05, 0.1) is 12.0 Å². The van der Waals surface area contributed by atoms with E-state index in [-0.39, 0.29) is 17.2 Å². The van der Waals surface area contributed by atoms with Gasteiger partial charge in [-0.3, -0.25) is 4.79 Å². The molecule has 1 heterocycles. The number of carbonyl (C=O) groups excluding carboxylic acids is 1. The maximum atomic E-state index is 11.4. The van der Waals surface area contributed by atoms with Crippen LogP contribution in [0.2, 0.25) is 0 Å². The minimum absolute atomic E-state index is 0.0482. The second-order valence-electron chi connectivity index (χ2n) is 4.98. The molecule has 1 aliphatic rings. The van der Waals surface area contributed by atoms with Gasteiger partial charge in [-0.1, -0.05) is 20.8 Å². The van der Waals surface area contributed by atoms with Crippen molar-refractivity contribution in [3.63, 3.8) is 0 Å². The summed E-state index contributed by atoms with van der Waals surface area (Å²) < 4.78 is 0. The maximum absolute atomic E-state index is 11.4. The van der Waals surface area contributed by atoms with Crippen LogP contribution in [0, 0.1) is 11.3 Å². The second kappa shape index (κ2) is 4.28. The van der Waals surface area contributed by atoms with Crippen molar-refractivity contribution in [2.75, 3.05) is 19.6 Å². The maximum Gasteiger partial charge on any atom is 0.225 e. The lowest BCUT2D eigenvalue weighted by Crippen LogP contribution is -2.52. The second-order valence-corrected chi connectivity index (χ2v) is 4.98. The predicted octanol–water partition coefficient (Wildman–Crippen LogP) is -0.271. The van der Waals surface area contributed by atoms with Crippen molar-refractivity contribution in [2.24, 2.45) is 11.3 Å². The van der Waals surface area contributed by atoms with Gasteiger partial charge >= 0.3 is 0 Å². The molecule has 1 amide bonds. The first-order chi connectivity index (χ1) is 6.41. The topological polar surface area (TPSA) is 61.4 Å². The average Bonchev–Trinajstić information content (AvgIpc) is 1.94. The number of aliphatic hydroxyl groups is 1. The zero-order chi connectivity index (χ0) is 10.8. The summed E-state index contributed by atoms with van der Waals surface area (Å²) in [5.41, 5.74) is -0.175. The van der Waals surface area contributed by atoms with Crippen LogP contribution in [0.1, 0.15) is 20.8 Å². The number of hydrogen-bond acceptors (Lipinski definition) is 3. The number of amides is 1. The number of carbonyl (C=O) groups is 1. The molecular weight excluding hydrogens is 180 g/mol. The standard InChI is InChI=1S/C10H20N2O2/c1-10(2,3)8(13)6-12-9(14)7-4-11-5-7/h7-8,11,13H,4-6H2,1-3H3,(H,12,14). The Labute approximate surface area is 85.1 Å². The Morgan fingerprint density at radius 2 is 2.14 bits per heavy atom. The first-order valence-electron chi connectivity index (χ1n) is 5.08. The highest BCUT2D eigenvalue weighted by atomic mass is 16.3. The zero-order valence-corrected chi connectivity index (χ0v) is 9.13. The van der Waals surface area contributed by atoms with E-state index in [1.165, 1.54) is 0 Å². The van der Waals surface area contributed by atoms with Crippen LogP contribution in [0.25, 0.3) is 0 Å². The third-order valence-electron chi connectivity index (χ3n) is 2.62. The fourth-order valence-corrected chi connectivity index (χ4v) is 1.12. The summed E-state index contributed by atoms with van der Waals surface area (Å²) in [4.78, 5) is 11.4. The Hall–Kier alpha value is -0.610. The zero-order valence-electron chi connectivity index (χ0n) is 9.13. The van der Waals surface area contributed by atoms with E-state index in [2.05, 4.69) is 10.6 Å². The smallest absolute Gasteiger partial charge is 0.225 e. The Balaban J connectivity index is 2.22. The van der Waals surface area contributed by atoms with Gasteiger partial charge in [0, 0.05) is 19.6 Å². The van der Waals surface area contributed by atoms with Crippen LogP contribution < -0.4 is 10.6 Å². The van der Waals surface area contributed by atoms with Crippen molar-refractivity contribution in [2.45, 2.75) is 26.9 Å². The van der Waals surface area contributed by atoms with Crippen LogP contribution in [0.5, 0.6) is 0 Å². The van der Waals surface area contributed by atoms with Gasteiger partial charge in [0.1, 0.15) is 0 Å². The lowest BCUT2D eigenvalue weighted by atomic mass is 9.89. The molecular formula is C10H20N2O2. The molecule has 4 heteroatoms. The number of rotatable bonds is 3. The van der Waals surface area contributed by atoms with Gasteiger partial charge < -0.3 is 15.7 Å². The molecule has 0 aliphatic carbocycles.